The maximum atomic E-state index is 11.8. The molecular formula is C18H32O4. The van der Waals surface area contributed by atoms with Crippen molar-refractivity contribution < 1.29 is 19.4 Å². The Bertz CT molecular complexity index is 323. The Morgan fingerprint density at radius 1 is 0.955 bits per heavy atom. The molecule has 22 heavy (non-hydrogen) atoms. The molecule has 0 aliphatic heterocycles. The van der Waals surface area contributed by atoms with E-state index in [2.05, 4.69) is 26.0 Å². The van der Waals surface area contributed by atoms with Gasteiger partial charge in [0.25, 0.3) is 0 Å². The zero-order valence-electron chi connectivity index (χ0n) is 14.2. The second kappa shape index (κ2) is 14.6. The van der Waals surface area contributed by atoms with Gasteiger partial charge in [0, 0.05) is 12.8 Å². The third kappa shape index (κ3) is 13.7. The summed E-state index contributed by atoms with van der Waals surface area (Å²) in [6, 6.07) is 0. The highest BCUT2D eigenvalue weighted by molar-refractivity contribution is 5.69. The number of rotatable bonds is 14. The van der Waals surface area contributed by atoms with Gasteiger partial charge in [-0.1, -0.05) is 38.8 Å². The van der Waals surface area contributed by atoms with Crippen molar-refractivity contribution in [3.05, 3.63) is 12.2 Å². The molecule has 1 atom stereocenters. The van der Waals surface area contributed by atoms with Crippen LogP contribution in [0.3, 0.4) is 0 Å². The van der Waals surface area contributed by atoms with Gasteiger partial charge in [0.15, 0.2) is 0 Å². The summed E-state index contributed by atoms with van der Waals surface area (Å²) in [4.78, 5) is 22.3. The van der Waals surface area contributed by atoms with E-state index in [9.17, 15) is 9.59 Å². The molecule has 1 N–H and O–H groups in total. The second-order valence-electron chi connectivity index (χ2n) is 5.69. The molecule has 0 spiro atoms. The summed E-state index contributed by atoms with van der Waals surface area (Å²) in [6.45, 7) is 4.21. The standard InChI is InChI=1S/C18H32O4/c1-3-5-6-7-8-9-15-18(21)22-16(12-4-2)13-10-11-14-17(19)20/h6-7,16H,3-5,8-15H2,1-2H3,(H,19,20). The third-order valence-electron chi connectivity index (χ3n) is 3.45. The highest BCUT2D eigenvalue weighted by Crippen LogP contribution is 2.14. The van der Waals surface area contributed by atoms with Crippen LogP contribution in [0.5, 0.6) is 0 Å². The van der Waals surface area contributed by atoms with Gasteiger partial charge in [0.05, 0.1) is 0 Å². The quantitative estimate of drug-likeness (QED) is 0.282. The fourth-order valence-corrected chi connectivity index (χ4v) is 2.24. The van der Waals surface area contributed by atoms with Gasteiger partial charge >= 0.3 is 11.9 Å². The maximum Gasteiger partial charge on any atom is 0.306 e. The van der Waals surface area contributed by atoms with Gasteiger partial charge in [-0.15, -0.1) is 0 Å². The number of carboxylic acid groups (broad SMARTS) is 1. The van der Waals surface area contributed by atoms with E-state index in [1.54, 1.807) is 0 Å². The van der Waals surface area contributed by atoms with E-state index in [-0.39, 0.29) is 18.5 Å². The Kier molecular flexibility index (Phi) is 13.7. The second-order valence-corrected chi connectivity index (χ2v) is 5.69. The molecule has 0 bridgehead atoms. The van der Waals surface area contributed by atoms with Crippen molar-refractivity contribution in [1.82, 2.24) is 0 Å². The molecule has 1 unspecified atom stereocenters. The van der Waals surface area contributed by atoms with Gasteiger partial charge in [-0.05, 0) is 44.9 Å². The number of esters is 1. The van der Waals surface area contributed by atoms with Crippen LogP contribution in [0.25, 0.3) is 0 Å². The molecule has 0 fully saturated rings. The fraction of sp³-hybridized carbons (Fsp3) is 0.778. The lowest BCUT2D eigenvalue weighted by atomic mass is 10.1. The molecule has 0 saturated heterocycles. The zero-order chi connectivity index (χ0) is 16.6. The van der Waals surface area contributed by atoms with Gasteiger partial charge in [-0.3, -0.25) is 9.59 Å². The van der Waals surface area contributed by atoms with E-state index in [1.165, 1.54) is 0 Å². The van der Waals surface area contributed by atoms with Crippen LogP contribution in [0.1, 0.15) is 84.5 Å². The van der Waals surface area contributed by atoms with E-state index in [0.29, 0.717) is 12.8 Å². The number of hydrogen-bond acceptors (Lipinski definition) is 3. The Balaban J connectivity index is 3.84. The predicted molar refractivity (Wildman–Crippen MR) is 88.8 cm³/mol. The minimum Gasteiger partial charge on any atom is -0.481 e. The normalized spacial score (nSPS) is 12.5. The number of allylic oxidation sites excluding steroid dienone is 2. The molecule has 0 rings (SSSR count). The summed E-state index contributed by atoms with van der Waals surface area (Å²) < 4.78 is 5.52. The third-order valence-corrected chi connectivity index (χ3v) is 3.45. The predicted octanol–water partition coefficient (Wildman–Crippen LogP) is 4.87. The van der Waals surface area contributed by atoms with E-state index in [4.69, 9.17) is 9.84 Å². The largest absolute Gasteiger partial charge is 0.481 e. The van der Waals surface area contributed by atoms with E-state index in [0.717, 1.165) is 51.4 Å². The van der Waals surface area contributed by atoms with Gasteiger partial charge in [0.2, 0.25) is 0 Å². The number of carbonyl (C=O) groups excluding carboxylic acids is 1. The monoisotopic (exact) mass is 312 g/mol. The summed E-state index contributed by atoms with van der Waals surface area (Å²) in [5.41, 5.74) is 0. The number of unbranched alkanes of at least 4 members (excludes halogenated alkanes) is 3. The maximum absolute atomic E-state index is 11.8. The minimum atomic E-state index is -0.764. The van der Waals surface area contributed by atoms with Crippen molar-refractivity contribution in [1.29, 1.82) is 0 Å². The van der Waals surface area contributed by atoms with Crippen LogP contribution in [0, 0.1) is 0 Å². The highest BCUT2D eigenvalue weighted by Gasteiger charge is 2.13. The van der Waals surface area contributed by atoms with Crippen molar-refractivity contribution in [2.45, 2.75) is 90.6 Å². The molecule has 0 aromatic heterocycles. The van der Waals surface area contributed by atoms with Gasteiger partial charge in [0.1, 0.15) is 6.10 Å². The fourth-order valence-electron chi connectivity index (χ4n) is 2.24. The van der Waals surface area contributed by atoms with Gasteiger partial charge < -0.3 is 9.84 Å². The summed E-state index contributed by atoms with van der Waals surface area (Å²) in [7, 11) is 0. The molecule has 0 aliphatic rings. The lowest BCUT2D eigenvalue weighted by Crippen LogP contribution is -2.18. The van der Waals surface area contributed by atoms with Gasteiger partial charge in [-0.2, -0.15) is 0 Å². The Morgan fingerprint density at radius 3 is 2.32 bits per heavy atom. The number of aliphatic carboxylic acids is 1. The lowest BCUT2D eigenvalue weighted by molar-refractivity contribution is -0.150. The molecule has 0 aromatic carbocycles. The molecule has 0 heterocycles. The first-order valence-corrected chi connectivity index (χ1v) is 8.66. The van der Waals surface area contributed by atoms with E-state index < -0.39 is 5.97 Å². The molecule has 0 aromatic rings. The van der Waals surface area contributed by atoms with Crippen molar-refractivity contribution in [3.63, 3.8) is 0 Å². The Morgan fingerprint density at radius 2 is 1.68 bits per heavy atom. The molecule has 0 radical (unpaired) electrons. The van der Waals surface area contributed by atoms with Crippen molar-refractivity contribution in [3.8, 4) is 0 Å². The van der Waals surface area contributed by atoms with Crippen LogP contribution in [0.2, 0.25) is 0 Å². The van der Waals surface area contributed by atoms with E-state index in [1.807, 2.05) is 0 Å². The van der Waals surface area contributed by atoms with Crippen LogP contribution in [0.4, 0.5) is 0 Å². The molecule has 0 aliphatic carbocycles. The van der Waals surface area contributed by atoms with Crippen LogP contribution in [-0.2, 0) is 14.3 Å². The van der Waals surface area contributed by atoms with Crippen LogP contribution < -0.4 is 0 Å². The average Bonchev–Trinajstić information content (AvgIpc) is 2.47. The number of carboxylic acids is 1. The van der Waals surface area contributed by atoms with Crippen molar-refractivity contribution >= 4 is 11.9 Å². The van der Waals surface area contributed by atoms with Crippen LogP contribution >= 0.6 is 0 Å². The molecule has 128 valence electrons. The van der Waals surface area contributed by atoms with Crippen LogP contribution in [-0.4, -0.2) is 23.1 Å². The molecule has 4 heteroatoms. The van der Waals surface area contributed by atoms with Crippen LogP contribution in [0.15, 0.2) is 12.2 Å². The first-order valence-electron chi connectivity index (χ1n) is 8.66. The minimum absolute atomic E-state index is 0.0538. The first kappa shape index (κ1) is 20.7. The summed E-state index contributed by atoms with van der Waals surface area (Å²) in [6.07, 6.45) is 12.9. The summed E-state index contributed by atoms with van der Waals surface area (Å²) >= 11 is 0. The Labute approximate surface area is 134 Å². The average molecular weight is 312 g/mol. The van der Waals surface area contributed by atoms with Gasteiger partial charge in [-0.25, -0.2) is 0 Å². The summed E-state index contributed by atoms with van der Waals surface area (Å²) in [5, 5.41) is 8.61. The molecular weight excluding hydrogens is 280 g/mol. The first-order chi connectivity index (χ1) is 10.6. The smallest absolute Gasteiger partial charge is 0.306 e. The lowest BCUT2D eigenvalue weighted by Gasteiger charge is -2.17. The van der Waals surface area contributed by atoms with E-state index >= 15 is 0 Å². The molecule has 0 saturated carbocycles. The molecule has 4 nitrogen and oxygen atoms in total. The Hall–Kier alpha value is -1.32. The van der Waals surface area contributed by atoms with Crippen molar-refractivity contribution in [2.75, 3.05) is 0 Å². The topological polar surface area (TPSA) is 63.6 Å². The summed E-state index contributed by atoms with van der Waals surface area (Å²) in [5.74, 6) is -0.888. The zero-order valence-corrected chi connectivity index (χ0v) is 14.2. The number of hydrogen-bond donors (Lipinski definition) is 1. The van der Waals surface area contributed by atoms with Crippen molar-refractivity contribution in [2.24, 2.45) is 0 Å². The SMILES string of the molecule is CCCC=CCCCC(=O)OC(CCC)CCCCC(=O)O. The molecule has 0 amide bonds. The number of ether oxygens (including phenoxy) is 1. The highest BCUT2D eigenvalue weighted by atomic mass is 16.5. The number of carbonyl (C=O) groups is 2.